The predicted molar refractivity (Wildman–Crippen MR) is 143 cm³/mol. The molecule has 4 N–H and O–H groups in total. The number of ketones is 1. The molecular weight excluding hydrogens is 488 g/mol. The molecule has 4 aromatic rings. The van der Waals surface area contributed by atoms with Crippen molar-refractivity contribution in [2.24, 2.45) is 5.73 Å². The standard InChI is InChI=1S/C28H28N4O4S/c1-17-13-18(2)27(19(3)14-17)36-28-22(11-12-23(31-28)21-9-7-20(15-29)8-10-21)24(33)16-37(34,35)26-6-4-5-25(30)32-26/h4-14H,15-16,29H2,1-3H3,(H2,30,32). The Morgan fingerprint density at radius 3 is 2.22 bits per heavy atom. The number of Topliss-reactive ketones (excluding diaryl/α,β-unsaturated/α-hetero) is 1. The van der Waals surface area contributed by atoms with Gasteiger partial charge in [-0.15, -0.1) is 0 Å². The van der Waals surface area contributed by atoms with Crippen LogP contribution in [0.2, 0.25) is 0 Å². The Labute approximate surface area is 216 Å². The fraction of sp³-hybridized carbons (Fsp3) is 0.179. The number of nitrogens with zero attached hydrogens (tertiary/aromatic N) is 2. The van der Waals surface area contributed by atoms with E-state index in [2.05, 4.69) is 9.97 Å². The normalized spacial score (nSPS) is 11.4. The number of aryl methyl sites for hydroxylation is 3. The van der Waals surface area contributed by atoms with E-state index in [9.17, 15) is 13.2 Å². The lowest BCUT2D eigenvalue weighted by atomic mass is 10.1. The Kier molecular flexibility index (Phi) is 7.37. The van der Waals surface area contributed by atoms with E-state index in [1.807, 2.05) is 57.2 Å². The van der Waals surface area contributed by atoms with Gasteiger partial charge < -0.3 is 16.2 Å². The number of nitrogen functional groups attached to an aromatic ring is 1. The highest BCUT2D eigenvalue weighted by Gasteiger charge is 2.26. The summed E-state index contributed by atoms with van der Waals surface area (Å²) in [4.78, 5) is 21.8. The third-order valence-corrected chi connectivity index (χ3v) is 7.34. The highest BCUT2D eigenvalue weighted by molar-refractivity contribution is 7.92. The van der Waals surface area contributed by atoms with Crippen molar-refractivity contribution in [1.82, 2.24) is 9.97 Å². The first kappa shape index (κ1) is 26.0. The van der Waals surface area contributed by atoms with Crippen molar-refractivity contribution in [3.05, 3.63) is 94.5 Å². The van der Waals surface area contributed by atoms with Gasteiger partial charge in [-0.3, -0.25) is 4.79 Å². The van der Waals surface area contributed by atoms with Crippen LogP contribution in [0.4, 0.5) is 5.82 Å². The van der Waals surface area contributed by atoms with Crippen LogP contribution in [0.5, 0.6) is 11.6 Å². The van der Waals surface area contributed by atoms with E-state index < -0.39 is 21.4 Å². The third kappa shape index (κ3) is 5.84. The number of ether oxygens (including phenoxy) is 1. The van der Waals surface area contributed by atoms with Gasteiger partial charge in [-0.2, -0.15) is 0 Å². The summed E-state index contributed by atoms with van der Waals surface area (Å²) < 4.78 is 32.1. The molecule has 9 heteroatoms. The maximum atomic E-state index is 13.3. The average Bonchev–Trinajstić information content (AvgIpc) is 2.86. The topological polar surface area (TPSA) is 138 Å². The third-order valence-electron chi connectivity index (χ3n) is 5.83. The lowest BCUT2D eigenvalue weighted by Crippen LogP contribution is -2.19. The second-order valence-electron chi connectivity index (χ2n) is 8.86. The Morgan fingerprint density at radius 2 is 1.59 bits per heavy atom. The van der Waals surface area contributed by atoms with E-state index in [0.29, 0.717) is 18.0 Å². The molecule has 4 rings (SSSR count). The number of nitrogens with two attached hydrogens (primary N) is 2. The van der Waals surface area contributed by atoms with Gasteiger partial charge in [0.05, 0.1) is 11.3 Å². The van der Waals surface area contributed by atoms with E-state index in [1.165, 1.54) is 24.3 Å². The molecule has 2 heterocycles. The van der Waals surface area contributed by atoms with Gasteiger partial charge in [0.2, 0.25) is 15.7 Å². The van der Waals surface area contributed by atoms with Gasteiger partial charge in [0.1, 0.15) is 17.3 Å². The van der Waals surface area contributed by atoms with E-state index in [0.717, 1.165) is 27.8 Å². The summed E-state index contributed by atoms with van der Waals surface area (Å²) in [5.74, 6) is -0.842. The van der Waals surface area contributed by atoms with E-state index in [1.54, 1.807) is 6.07 Å². The number of benzene rings is 2. The summed E-state index contributed by atoms with van der Waals surface area (Å²) in [5.41, 5.74) is 16.5. The summed E-state index contributed by atoms with van der Waals surface area (Å²) in [6.07, 6.45) is 0. The number of hydrogen-bond donors (Lipinski definition) is 2. The van der Waals surface area contributed by atoms with E-state index >= 15 is 0 Å². The maximum Gasteiger partial charge on any atom is 0.230 e. The molecule has 0 aliphatic heterocycles. The lowest BCUT2D eigenvalue weighted by Gasteiger charge is -2.16. The monoisotopic (exact) mass is 516 g/mol. The molecule has 0 aliphatic carbocycles. The molecule has 2 aromatic heterocycles. The molecule has 190 valence electrons. The minimum absolute atomic E-state index is 0.0242. The number of sulfone groups is 1. The smallest absolute Gasteiger partial charge is 0.230 e. The van der Waals surface area contributed by atoms with Crippen molar-refractivity contribution < 1.29 is 17.9 Å². The number of carbonyl (C=O) groups excluding carboxylic acids is 1. The first-order valence-electron chi connectivity index (χ1n) is 11.6. The van der Waals surface area contributed by atoms with Crippen LogP contribution in [-0.4, -0.2) is 29.9 Å². The Hall–Kier alpha value is -4.08. The molecule has 0 unspecified atom stereocenters. The summed E-state index contributed by atoms with van der Waals surface area (Å²) in [5, 5.41) is -0.266. The molecule has 0 spiro atoms. The minimum Gasteiger partial charge on any atom is -0.438 e. The first-order valence-corrected chi connectivity index (χ1v) is 13.3. The number of pyridine rings is 2. The van der Waals surface area contributed by atoms with Crippen LogP contribution < -0.4 is 16.2 Å². The zero-order valence-corrected chi connectivity index (χ0v) is 21.7. The van der Waals surface area contributed by atoms with Crippen LogP contribution in [0, 0.1) is 20.8 Å². The Balaban J connectivity index is 1.77. The van der Waals surface area contributed by atoms with Gasteiger partial charge in [0.25, 0.3) is 0 Å². The molecule has 8 nitrogen and oxygen atoms in total. The fourth-order valence-corrected chi connectivity index (χ4v) is 5.23. The number of carbonyl (C=O) groups is 1. The summed E-state index contributed by atoms with van der Waals surface area (Å²) in [6.45, 7) is 6.21. The first-order chi connectivity index (χ1) is 17.6. The fourth-order valence-electron chi connectivity index (χ4n) is 4.06. The number of aromatic nitrogens is 2. The predicted octanol–water partition coefficient (Wildman–Crippen LogP) is 4.56. The maximum absolute atomic E-state index is 13.3. The second kappa shape index (κ2) is 10.5. The van der Waals surface area contributed by atoms with Crippen LogP contribution in [-0.2, 0) is 16.4 Å². The van der Waals surface area contributed by atoms with Crippen molar-refractivity contribution in [1.29, 1.82) is 0 Å². The summed E-state index contributed by atoms with van der Waals surface area (Å²) in [7, 11) is -4.05. The van der Waals surface area contributed by atoms with Crippen molar-refractivity contribution in [2.75, 3.05) is 11.5 Å². The molecule has 0 radical (unpaired) electrons. The molecule has 0 saturated heterocycles. The van der Waals surface area contributed by atoms with E-state index in [4.69, 9.17) is 16.2 Å². The molecule has 37 heavy (non-hydrogen) atoms. The molecule has 0 aliphatic rings. The SMILES string of the molecule is Cc1cc(C)c(Oc2nc(-c3ccc(CN)cc3)ccc2C(=O)CS(=O)(=O)c2cccc(N)n2)c(C)c1. The molecule has 0 fully saturated rings. The zero-order valence-electron chi connectivity index (χ0n) is 20.9. The molecule has 2 aromatic carbocycles. The van der Waals surface area contributed by atoms with Crippen molar-refractivity contribution in [2.45, 2.75) is 32.3 Å². The largest absolute Gasteiger partial charge is 0.438 e. The lowest BCUT2D eigenvalue weighted by molar-refractivity contribution is 0.101. The van der Waals surface area contributed by atoms with Crippen molar-refractivity contribution in [3.8, 4) is 22.9 Å². The summed E-state index contributed by atoms with van der Waals surface area (Å²) >= 11 is 0. The van der Waals surface area contributed by atoms with Gasteiger partial charge in [0, 0.05) is 12.1 Å². The highest BCUT2D eigenvalue weighted by Crippen LogP contribution is 2.33. The number of anilines is 1. The van der Waals surface area contributed by atoms with Gasteiger partial charge >= 0.3 is 0 Å². The quantitative estimate of drug-likeness (QED) is 0.325. The molecular formula is C28H28N4O4S. The number of rotatable bonds is 8. The summed E-state index contributed by atoms with van der Waals surface area (Å²) in [6, 6.07) is 19.0. The van der Waals surface area contributed by atoms with Crippen LogP contribution >= 0.6 is 0 Å². The molecule has 0 saturated carbocycles. The molecule has 0 bridgehead atoms. The van der Waals surface area contributed by atoms with E-state index in [-0.39, 0.29) is 22.3 Å². The van der Waals surface area contributed by atoms with Crippen LogP contribution in [0.25, 0.3) is 11.3 Å². The van der Waals surface area contributed by atoms with Crippen molar-refractivity contribution >= 4 is 21.4 Å². The molecule has 0 atom stereocenters. The van der Waals surface area contributed by atoms with Gasteiger partial charge in [-0.1, -0.05) is 48.0 Å². The van der Waals surface area contributed by atoms with Crippen LogP contribution in [0.1, 0.15) is 32.6 Å². The van der Waals surface area contributed by atoms with Crippen molar-refractivity contribution in [3.63, 3.8) is 0 Å². The van der Waals surface area contributed by atoms with Crippen LogP contribution in [0.15, 0.2) is 71.8 Å². The average molecular weight is 517 g/mol. The second-order valence-corrected chi connectivity index (χ2v) is 10.8. The van der Waals surface area contributed by atoms with Gasteiger partial charge in [-0.25, -0.2) is 18.4 Å². The Bertz CT molecular complexity index is 1560. The number of hydrogen-bond acceptors (Lipinski definition) is 8. The highest BCUT2D eigenvalue weighted by atomic mass is 32.2. The Morgan fingerprint density at radius 1 is 0.919 bits per heavy atom. The molecule has 0 amide bonds. The van der Waals surface area contributed by atoms with Gasteiger partial charge in [0.15, 0.2) is 10.8 Å². The minimum atomic E-state index is -4.05. The zero-order chi connectivity index (χ0) is 26.7. The van der Waals surface area contributed by atoms with Crippen LogP contribution in [0.3, 0.4) is 0 Å². The van der Waals surface area contributed by atoms with Gasteiger partial charge in [-0.05, 0) is 61.7 Å².